The molecule has 0 aromatic heterocycles. The molecule has 1 aromatic rings. The van der Waals surface area contributed by atoms with Gasteiger partial charge in [0.25, 0.3) is 0 Å². The van der Waals surface area contributed by atoms with Crippen molar-refractivity contribution in [3.05, 3.63) is 39.9 Å². The lowest BCUT2D eigenvalue weighted by atomic mass is 9.95. The number of rotatable bonds is 7. The molecular weight excluding hydrogens is 347 g/mol. The van der Waals surface area contributed by atoms with Crippen molar-refractivity contribution in [1.82, 2.24) is 5.32 Å². The van der Waals surface area contributed by atoms with Gasteiger partial charge in [0, 0.05) is 11.1 Å². The largest absolute Gasteiger partial charge is 0.485 e. The third-order valence-electron chi connectivity index (χ3n) is 3.90. The van der Waals surface area contributed by atoms with Crippen molar-refractivity contribution in [2.45, 2.75) is 52.2 Å². The Morgan fingerprint density at radius 3 is 2.58 bits per heavy atom. The molecular formula is C18H22Cl2N2O2. The lowest BCUT2D eigenvalue weighted by Gasteiger charge is -2.24. The lowest BCUT2D eigenvalue weighted by Crippen LogP contribution is -2.45. The van der Waals surface area contributed by atoms with Gasteiger partial charge in [-0.2, -0.15) is 5.26 Å². The summed E-state index contributed by atoms with van der Waals surface area (Å²) in [6.07, 6.45) is 3.71. The van der Waals surface area contributed by atoms with Crippen LogP contribution in [0.25, 0.3) is 0 Å². The van der Waals surface area contributed by atoms with Crippen LogP contribution in [-0.4, -0.2) is 17.6 Å². The zero-order valence-electron chi connectivity index (χ0n) is 14.3. The Bertz CT molecular complexity index is 662. The van der Waals surface area contributed by atoms with Gasteiger partial charge in [-0.1, -0.05) is 37.0 Å². The number of nitriles is 1. The van der Waals surface area contributed by atoms with Crippen LogP contribution in [0.15, 0.2) is 24.3 Å². The molecule has 130 valence electrons. The fraction of sp³-hybridized carbons (Fsp3) is 0.444. The SMILES string of the molecule is CCC(C#N)(CC)NC(=O)C=CC(C)Oc1ccc(Cl)c(C)c1Cl. The summed E-state index contributed by atoms with van der Waals surface area (Å²) in [5.41, 5.74) is -0.0864. The van der Waals surface area contributed by atoms with E-state index in [4.69, 9.17) is 27.9 Å². The molecule has 0 spiro atoms. The van der Waals surface area contributed by atoms with E-state index in [1.807, 2.05) is 20.8 Å². The fourth-order valence-electron chi connectivity index (χ4n) is 2.08. The van der Waals surface area contributed by atoms with E-state index in [0.29, 0.717) is 28.6 Å². The normalized spacial score (nSPS) is 12.7. The Morgan fingerprint density at radius 1 is 1.42 bits per heavy atom. The maximum Gasteiger partial charge on any atom is 0.245 e. The summed E-state index contributed by atoms with van der Waals surface area (Å²) in [6, 6.07) is 5.57. The van der Waals surface area contributed by atoms with Gasteiger partial charge in [-0.3, -0.25) is 4.79 Å². The second-order valence-electron chi connectivity index (χ2n) is 5.56. The van der Waals surface area contributed by atoms with Gasteiger partial charge in [0.2, 0.25) is 5.91 Å². The summed E-state index contributed by atoms with van der Waals surface area (Å²) < 4.78 is 5.72. The van der Waals surface area contributed by atoms with Crippen molar-refractivity contribution in [1.29, 1.82) is 5.26 Å². The lowest BCUT2D eigenvalue weighted by molar-refractivity contribution is -0.117. The van der Waals surface area contributed by atoms with E-state index >= 15 is 0 Å². The maximum atomic E-state index is 12.0. The summed E-state index contributed by atoms with van der Waals surface area (Å²) in [5, 5.41) is 13.0. The van der Waals surface area contributed by atoms with Crippen LogP contribution in [0.1, 0.15) is 39.2 Å². The van der Waals surface area contributed by atoms with E-state index in [2.05, 4.69) is 11.4 Å². The number of amides is 1. The van der Waals surface area contributed by atoms with Crippen LogP contribution in [0.5, 0.6) is 5.75 Å². The number of hydrogen-bond donors (Lipinski definition) is 1. The summed E-state index contributed by atoms with van der Waals surface area (Å²) >= 11 is 12.2. The smallest absolute Gasteiger partial charge is 0.245 e. The number of carbonyl (C=O) groups is 1. The first-order valence-electron chi connectivity index (χ1n) is 7.81. The highest BCUT2D eigenvalue weighted by molar-refractivity contribution is 6.36. The highest BCUT2D eigenvalue weighted by atomic mass is 35.5. The molecule has 1 N–H and O–H groups in total. The van der Waals surface area contributed by atoms with Crippen LogP contribution in [0.4, 0.5) is 0 Å². The Kier molecular flexibility index (Phi) is 7.59. The molecule has 24 heavy (non-hydrogen) atoms. The van der Waals surface area contributed by atoms with E-state index in [0.717, 1.165) is 5.56 Å². The quantitative estimate of drug-likeness (QED) is 0.701. The van der Waals surface area contributed by atoms with E-state index in [9.17, 15) is 10.1 Å². The predicted octanol–water partition coefficient (Wildman–Crippen LogP) is 4.82. The first kappa shape index (κ1) is 20.3. The van der Waals surface area contributed by atoms with Gasteiger partial charge in [0.15, 0.2) is 0 Å². The predicted molar refractivity (Wildman–Crippen MR) is 97.5 cm³/mol. The number of ether oxygens (including phenoxy) is 1. The van der Waals surface area contributed by atoms with Crippen molar-refractivity contribution in [2.24, 2.45) is 0 Å². The molecule has 6 heteroatoms. The molecule has 0 heterocycles. The molecule has 0 aliphatic rings. The molecule has 0 aliphatic heterocycles. The Morgan fingerprint density at radius 2 is 2.04 bits per heavy atom. The van der Waals surface area contributed by atoms with Crippen LogP contribution in [0.2, 0.25) is 10.0 Å². The van der Waals surface area contributed by atoms with Crippen molar-refractivity contribution in [2.75, 3.05) is 0 Å². The molecule has 0 bridgehead atoms. The maximum absolute atomic E-state index is 12.0. The third kappa shape index (κ3) is 5.15. The van der Waals surface area contributed by atoms with Gasteiger partial charge < -0.3 is 10.1 Å². The second kappa shape index (κ2) is 8.96. The van der Waals surface area contributed by atoms with E-state index in [-0.39, 0.29) is 12.0 Å². The summed E-state index contributed by atoms with van der Waals surface area (Å²) in [4.78, 5) is 12.0. The van der Waals surface area contributed by atoms with Crippen molar-refractivity contribution < 1.29 is 9.53 Å². The number of hydrogen-bond acceptors (Lipinski definition) is 3. The topological polar surface area (TPSA) is 62.1 Å². The van der Waals surface area contributed by atoms with Gasteiger partial charge >= 0.3 is 0 Å². The first-order chi connectivity index (χ1) is 11.3. The molecule has 1 rings (SSSR count). The van der Waals surface area contributed by atoms with Crippen LogP contribution >= 0.6 is 23.2 Å². The molecule has 0 fully saturated rings. The minimum absolute atomic E-state index is 0.325. The fourth-order valence-corrected chi connectivity index (χ4v) is 2.50. The molecule has 1 aromatic carbocycles. The van der Waals surface area contributed by atoms with Crippen LogP contribution < -0.4 is 10.1 Å². The minimum atomic E-state index is -0.831. The van der Waals surface area contributed by atoms with Crippen LogP contribution in [-0.2, 0) is 4.79 Å². The minimum Gasteiger partial charge on any atom is -0.485 e. The Balaban J connectivity index is 2.73. The van der Waals surface area contributed by atoms with E-state index < -0.39 is 5.54 Å². The van der Waals surface area contributed by atoms with Crippen LogP contribution in [0.3, 0.4) is 0 Å². The molecule has 0 aliphatic carbocycles. The van der Waals surface area contributed by atoms with Crippen molar-refractivity contribution >= 4 is 29.1 Å². The molecule has 1 unspecified atom stereocenters. The third-order valence-corrected chi connectivity index (χ3v) is 4.78. The molecule has 1 amide bonds. The average Bonchev–Trinajstić information content (AvgIpc) is 2.58. The highest BCUT2D eigenvalue weighted by Crippen LogP contribution is 2.33. The van der Waals surface area contributed by atoms with Gasteiger partial charge in [-0.25, -0.2) is 0 Å². The van der Waals surface area contributed by atoms with E-state index in [1.165, 1.54) is 6.08 Å². The average molecular weight is 369 g/mol. The monoisotopic (exact) mass is 368 g/mol. The number of carbonyl (C=O) groups excluding carboxylic acids is 1. The molecule has 4 nitrogen and oxygen atoms in total. The summed E-state index contributed by atoms with van der Waals surface area (Å²) in [5.74, 6) is 0.179. The number of nitrogens with one attached hydrogen (secondary N) is 1. The van der Waals surface area contributed by atoms with Crippen molar-refractivity contribution in [3.8, 4) is 11.8 Å². The van der Waals surface area contributed by atoms with Crippen molar-refractivity contribution in [3.63, 3.8) is 0 Å². The summed E-state index contributed by atoms with van der Waals surface area (Å²) in [6.45, 7) is 7.34. The van der Waals surface area contributed by atoms with Gasteiger partial charge in [0.1, 0.15) is 17.4 Å². The Hall–Kier alpha value is -1.70. The number of halogens is 2. The number of benzene rings is 1. The number of nitrogens with zero attached hydrogens (tertiary/aromatic N) is 1. The van der Waals surface area contributed by atoms with Gasteiger partial charge in [0.05, 0.1) is 11.1 Å². The summed E-state index contributed by atoms with van der Waals surface area (Å²) in [7, 11) is 0. The Labute approximate surface area is 153 Å². The molecule has 0 saturated carbocycles. The zero-order chi connectivity index (χ0) is 18.3. The first-order valence-corrected chi connectivity index (χ1v) is 8.57. The van der Waals surface area contributed by atoms with E-state index in [1.54, 1.807) is 25.1 Å². The molecule has 1 atom stereocenters. The zero-order valence-corrected chi connectivity index (χ0v) is 15.8. The molecule has 0 radical (unpaired) electrons. The standard InChI is InChI=1S/C18H22Cl2N2O2/c1-5-18(6-2,11-21)22-16(23)10-7-12(3)24-15-9-8-14(19)13(4)17(15)20/h7-10,12H,5-6H2,1-4H3,(H,22,23). The van der Waals surface area contributed by atoms with Gasteiger partial charge in [-0.15, -0.1) is 0 Å². The van der Waals surface area contributed by atoms with Crippen LogP contribution in [0, 0.1) is 18.3 Å². The highest BCUT2D eigenvalue weighted by Gasteiger charge is 2.26. The molecule has 0 saturated heterocycles. The van der Waals surface area contributed by atoms with Gasteiger partial charge in [-0.05, 0) is 50.5 Å². The second-order valence-corrected chi connectivity index (χ2v) is 6.34.